The van der Waals surface area contributed by atoms with Gasteiger partial charge in [0.2, 0.25) is 5.91 Å². The maximum absolute atomic E-state index is 12.0. The minimum absolute atomic E-state index is 0.140. The third-order valence-corrected chi connectivity index (χ3v) is 2.68. The van der Waals surface area contributed by atoms with E-state index in [9.17, 15) is 9.59 Å². The highest BCUT2D eigenvalue weighted by Crippen LogP contribution is 2.28. The predicted molar refractivity (Wildman–Crippen MR) is 84.5 cm³/mol. The molecule has 0 heterocycles. The molecular weight excluding hydrogens is 284 g/mol. The van der Waals surface area contributed by atoms with Crippen LogP contribution in [0.2, 0.25) is 0 Å². The van der Waals surface area contributed by atoms with Crippen molar-refractivity contribution in [3.63, 3.8) is 0 Å². The fraction of sp³-hybridized carbons (Fsp3) is 0.250. The van der Waals surface area contributed by atoms with E-state index < -0.39 is 5.91 Å². The number of rotatable bonds is 7. The van der Waals surface area contributed by atoms with Crippen LogP contribution in [0.25, 0.3) is 6.08 Å². The summed E-state index contributed by atoms with van der Waals surface area (Å²) in [6.45, 7) is 5.17. The Balaban J connectivity index is 3.12. The number of amides is 2. The van der Waals surface area contributed by atoms with Gasteiger partial charge < -0.3 is 20.1 Å². The lowest BCUT2D eigenvalue weighted by atomic mass is 10.1. The van der Waals surface area contributed by atoms with Crippen molar-refractivity contribution in [2.24, 2.45) is 0 Å². The van der Waals surface area contributed by atoms with E-state index in [1.807, 2.05) is 0 Å². The Labute approximate surface area is 129 Å². The van der Waals surface area contributed by atoms with Gasteiger partial charge in [-0.3, -0.25) is 9.59 Å². The van der Waals surface area contributed by atoms with Crippen LogP contribution in [0.15, 0.2) is 36.6 Å². The number of hydrogen-bond acceptors (Lipinski definition) is 4. The molecule has 118 valence electrons. The summed E-state index contributed by atoms with van der Waals surface area (Å²) >= 11 is 0. The topological polar surface area (TPSA) is 76.7 Å². The summed E-state index contributed by atoms with van der Waals surface area (Å²) in [5.74, 6) is 0.382. The molecule has 0 aliphatic carbocycles. The van der Waals surface area contributed by atoms with E-state index >= 15 is 0 Å². The lowest BCUT2D eigenvalue weighted by Gasteiger charge is -2.10. The summed E-state index contributed by atoms with van der Waals surface area (Å²) in [6.07, 6.45) is 3.11. The zero-order valence-corrected chi connectivity index (χ0v) is 12.9. The minimum atomic E-state index is -0.398. The maximum Gasteiger partial charge on any atom is 0.268 e. The van der Waals surface area contributed by atoms with E-state index in [0.717, 1.165) is 0 Å². The van der Waals surface area contributed by atoms with Crippen molar-refractivity contribution in [3.05, 3.63) is 42.1 Å². The van der Waals surface area contributed by atoms with E-state index in [1.54, 1.807) is 37.5 Å². The quantitative estimate of drug-likeness (QED) is 0.591. The monoisotopic (exact) mass is 304 g/mol. The zero-order valence-electron chi connectivity index (χ0n) is 12.9. The Morgan fingerprint density at radius 2 is 1.91 bits per heavy atom. The van der Waals surface area contributed by atoms with Crippen LogP contribution >= 0.6 is 0 Å². The average Bonchev–Trinajstić information content (AvgIpc) is 2.51. The van der Waals surface area contributed by atoms with Crippen molar-refractivity contribution in [3.8, 4) is 11.5 Å². The van der Waals surface area contributed by atoms with Gasteiger partial charge >= 0.3 is 0 Å². The third-order valence-electron chi connectivity index (χ3n) is 2.68. The number of nitrogens with one attached hydrogen (secondary N) is 2. The summed E-state index contributed by atoms with van der Waals surface area (Å²) in [5.41, 5.74) is 0.830. The Morgan fingerprint density at radius 1 is 1.23 bits per heavy atom. The number of ether oxygens (including phenoxy) is 2. The fourth-order valence-corrected chi connectivity index (χ4v) is 1.72. The highest BCUT2D eigenvalue weighted by Gasteiger charge is 2.11. The van der Waals surface area contributed by atoms with E-state index in [1.165, 1.54) is 14.0 Å². The van der Waals surface area contributed by atoms with Gasteiger partial charge in [-0.25, -0.2) is 0 Å². The van der Waals surface area contributed by atoms with Crippen LogP contribution in [-0.2, 0) is 9.59 Å². The van der Waals surface area contributed by atoms with Crippen molar-refractivity contribution < 1.29 is 19.1 Å². The molecule has 0 radical (unpaired) electrons. The van der Waals surface area contributed by atoms with Gasteiger partial charge in [0, 0.05) is 13.5 Å². The zero-order chi connectivity index (χ0) is 16.5. The summed E-state index contributed by atoms with van der Waals surface area (Å²) < 4.78 is 10.4. The lowest BCUT2D eigenvalue weighted by Crippen LogP contribution is -2.33. The molecule has 1 aromatic rings. The summed E-state index contributed by atoms with van der Waals surface area (Å²) in [5, 5.41) is 5.12. The molecule has 0 unspecified atom stereocenters. The minimum Gasteiger partial charge on any atom is -0.493 e. The number of carbonyl (C=O) groups excluding carboxylic acids is 2. The largest absolute Gasteiger partial charge is 0.493 e. The number of methoxy groups -OCH3 is 2. The van der Waals surface area contributed by atoms with Gasteiger partial charge in [-0.05, 0) is 23.8 Å². The van der Waals surface area contributed by atoms with E-state index in [4.69, 9.17) is 9.47 Å². The Bertz CT molecular complexity index is 594. The molecule has 6 nitrogen and oxygen atoms in total. The molecule has 1 aromatic carbocycles. The van der Waals surface area contributed by atoms with Gasteiger partial charge in [0.15, 0.2) is 11.5 Å². The first-order valence-corrected chi connectivity index (χ1v) is 6.62. The summed E-state index contributed by atoms with van der Waals surface area (Å²) in [4.78, 5) is 23.3. The van der Waals surface area contributed by atoms with Crippen LogP contribution < -0.4 is 20.1 Å². The van der Waals surface area contributed by atoms with Crippen molar-refractivity contribution >= 4 is 17.9 Å². The summed E-state index contributed by atoms with van der Waals surface area (Å²) in [7, 11) is 3.07. The molecule has 22 heavy (non-hydrogen) atoms. The molecule has 0 bridgehead atoms. The van der Waals surface area contributed by atoms with Crippen molar-refractivity contribution in [2.75, 3.05) is 20.8 Å². The molecule has 2 amide bonds. The van der Waals surface area contributed by atoms with Crippen molar-refractivity contribution in [1.82, 2.24) is 10.6 Å². The maximum atomic E-state index is 12.0. The molecule has 0 atom stereocenters. The van der Waals surface area contributed by atoms with Crippen LogP contribution in [0.1, 0.15) is 12.5 Å². The number of hydrogen-bond donors (Lipinski definition) is 2. The van der Waals surface area contributed by atoms with E-state index in [0.29, 0.717) is 23.6 Å². The molecule has 0 saturated carbocycles. The van der Waals surface area contributed by atoms with Crippen molar-refractivity contribution in [1.29, 1.82) is 0 Å². The predicted octanol–water partition coefficient (Wildman–Crippen LogP) is 1.48. The second kappa shape index (κ2) is 8.51. The highest BCUT2D eigenvalue weighted by atomic mass is 16.5. The van der Waals surface area contributed by atoms with Crippen LogP contribution in [0.3, 0.4) is 0 Å². The van der Waals surface area contributed by atoms with Gasteiger partial charge in [-0.1, -0.05) is 12.1 Å². The average molecular weight is 304 g/mol. The number of carbonyl (C=O) groups is 2. The standard InChI is InChI=1S/C16H20N2O4/c1-5-8-17-16(20)13(18-11(2)19)9-12-6-7-14(21-3)15(10-12)22-4/h5-7,9-10H,1,8H2,2-4H3,(H,17,20)(H,18,19). The molecule has 2 N–H and O–H groups in total. The van der Waals surface area contributed by atoms with Gasteiger partial charge in [-0.15, -0.1) is 6.58 Å². The molecule has 0 aliphatic heterocycles. The van der Waals surface area contributed by atoms with Crippen LogP contribution in [-0.4, -0.2) is 32.6 Å². The third kappa shape index (κ3) is 4.97. The van der Waals surface area contributed by atoms with E-state index in [2.05, 4.69) is 17.2 Å². The Hall–Kier alpha value is -2.76. The van der Waals surface area contributed by atoms with Crippen molar-refractivity contribution in [2.45, 2.75) is 6.92 Å². The first-order valence-electron chi connectivity index (χ1n) is 6.62. The fourth-order valence-electron chi connectivity index (χ4n) is 1.72. The van der Waals surface area contributed by atoms with Crippen LogP contribution in [0.4, 0.5) is 0 Å². The molecular formula is C16H20N2O4. The Kier molecular flexibility index (Phi) is 6.69. The smallest absolute Gasteiger partial charge is 0.268 e. The van der Waals surface area contributed by atoms with Crippen LogP contribution in [0.5, 0.6) is 11.5 Å². The normalized spacial score (nSPS) is 10.6. The van der Waals surface area contributed by atoms with Gasteiger partial charge in [0.05, 0.1) is 14.2 Å². The van der Waals surface area contributed by atoms with Crippen LogP contribution in [0, 0.1) is 0 Å². The molecule has 0 aromatic heterocycles. The molecule has 0 saturated heterocycles. The highest BCUT2D eigenvalue weighted by molar-refractivity contribution is 6.01. The molecule has 0 aliphatic rings. The molecule has 1 rings (SSSR count). The second-order valence-corrected chi connectivity index (χ2v) is 4.35. The first kappa shape index (κ1) is 17.3. The first-order chi connectivity index (χ1) is 10.5. The molecule has 6 heteroatoms. The van der Waals surface area contributed by atoms with E-state index in [-0.39, 0.29) is 11.6 Å². The summed E-state index contributed by atoms with van der Waals surface area (Å²) in [6, 6.07) is 5.18. The molecule has 0 fully saturated rings. The Morgan fingerprint density at radius 3 is 2.45 bits per heavy atom. The lowest BCUT2D eigenvalue weighted by molar-refractivity contribution is -0.122. The SMILES string of the molecule is C=CCNC(=O)C(=Cc1ccc(OC)c(OC)c1)NC(C)=O. The van der Waals surface area contributed by atoms with Gasteiger partial charge in [0.25, 0.3) is 5.91 Å². The van der Waals surface area contributed by atoms with Gasteiger partial charge in [0.1, 0.15) is 5.70 Å². The number of benzene rings is 1. The molecule has 0 spiro atoms. The second-order valence-electron chi connectivity index (χ2n) is 4.35. The van der Waals surface area contributed by atoms with Gasteiger partial charge in [-0.2, -0.15) is 0 Å².